The molecule has 0 saturated heterocycles. The maximum atomic E-state index is 11.5. The molecule has 0 fully saturated rings. The zero-order valence-electron chi connectivity index (χ0n) is 8.28. The summed E-state index contributed by atoms with van der Waals surface area (Å²) in [6.45, 7) is 3.37. The topological polar surface area (TPSA) is 75.1 Å². The van der Waals surface area contributed by atoms with E-state index in [2.05, 4.69) is 4.98 Å². The van der Waals surface area contributed by atoms with Gasteiger partial charge >= 0.3 is 5.69 Å². The zero-order chi connectivity index (χ0) is 10.7. The average molecular weight is 198 g/mol. The summed E-state index contributed by atoms with van der Waals surface area (Å²) >= 11 is 0. The molecule has 0 spiro atoms. The van der Waals surface area contributed by atoms with E-state index in [0.717, 1.165) is 4.57 Å². The highest BCUT2D eigenvalue weighted by Gasteiger charge is 2.08. The molecular weight excluding hydrogens is 184 g/mol. The Bertz CT molecular complexity index is 388. The van der Waals surface area contributed by atoms with Crippen molar-refractivity contribution in [2.24, 2.45) is 0 Å². The number of aliphatic hydroxyl groups is 1. The molecule has 0 saturated carbocycles. The summed E-state index contributed by atoms with van der Waals surface area (Å²) in [5.74, 6) is 0. The van der Waals surface area contributed by atoms with Gasteiger partial charge in [0.2, 0.25) is 0 Å². The summed E-state index contributed by atoms with van der Waals surface area (Å²) in [7, 11) is 0. The molecule has 2 N–H and O–H groups in total. The molecule has 1 atom stereocenters. The van der Waals surface area contributed by atoms with Crippen molar-refractivity contribution in [3.8, 4) is 0 Å². The molecule has 0 aliphatic rings. The van der Waals surface area contributed by atoms with Gasteiger partial charge in [0, 0.05) is 12.1 Å². The third kappa shape index (κ3) is 1.93. The van der Waals surface area contributed by atoms with E-state index in [9.17, 15) is 9.59 Å². The van der Waals surface area contributed by atoms with E-state index in [1.165, 1.54) is 6.07 Å². The quantitative estimate of drug-likeness (QED) is 0.717. The van der Waals surface area contributed by atoms with Crippen LogP contribution in [0.15, 0.2) is 15.7 Å². The Morgan fingerprint density at radius 3 is 2.64 bits per heavy atom. The lowest BCUT2D eigenvalue weighted by molar-refractivity contribution is 0.275. The molecule has 1 rings (SSSR count). The highest BCUT2D eigenvalue weighted by atomic mass is 16.3. The monoisotopic (exact) mass is 198 g/mol. The summed E-state index contributed by atoms with van der Waals surface area (Å²) in [5.41, 5.74) is -0.581. The lowest BCUT2D eigenvalue weighted by atomic mass is 10.2. The van der Waals surface area contributed by atoms with Crippen LogP contribution in [0.2, 0.25) is 0 Å². The van der Waals surface area contributed by atoms with Gasteiger partial charge in [-0.25, -0.2) is 4.79 Å². The third-order valence-corrected chi connectivity index (χ3v) is 2.22. The van der Waals surface area contributed by atoms with Crippen molar-refractivity contribution in [1.29, 1.82) is 0 Å². The van der Waals surface area contributed by atoms with Gasteiger partial charge in [-0.3, -0.25) is 9.36 Å². The van der Waals surface area contributed by atoms with E-state index in [0.29, 0.717) is 6.42 Å². The number of aliphatic hydroxyl groups excluding tert-OH is 1. The number of aromatic amines is 1. The Hall–Kier alpha value is -1.36. The predicted molar refractivity (Wildman–Crippen MR) is 52.2 cm³/mol. The summed E-state index contributed by atoms with van der Waals surface area (Å²) in [6, 6.07) is 1.12. The van der Waals surface area contributed by atoms with Crippen LogP contribution in [0.25, 0.3) is 0 Å². The number of hydrogen-bond acceptors (Lipinski definition) is 3. The Morgan fingerprint density at radius 1 is 1.57 bits per heavy atom. The highest BCUT2D eigenvalue weighted by molar-refractivity contribution is 4.98. The Kier molecular flexibility index (Phi) is 3.24. The normalized spacial score (nSPS) is 12.8. The van der Waals surface area contributed by atoms with Gasteiger partial charge in [-0.2, -0.15) is 0 Å². The predicted octanol–water partition coefficient (Wildman–Crippen LogP) is -0.0001000. The lowest BCUT2D eigenvalue weighted by Crippen LogP contribution is -2.37. The Balaban J connectivity index is 3.33. The van der Waals surface area contributed by atoms with Crippen LogP contribution in [0.3, 0.4) is 0 Å². The van der Waals surface area contributed by atoms with Crippen LogP contribution in [-0.4, -0.2) is 14.7 Å². The van der Waals surface area contributed by atoms with Crippen LogP contribution < -0.4 is 11.2 Å². The molecule has 78 valence electrons. The number of H-pyrrole nitrogens is 1. The minimum absolute atomic E-state index is 0.126. The molecule has 0 bridgehead atoms. The zero-order valence-corrected chi connectivity index (χ0v) is 8.28. The van der Waals surface area contributed by atoms with Crippen LogP contribution in [0.5, 0.6) is 0 Å². The van der Waals surface area contributed by atoms with Crippen LogP contribution in [0.1, 0.15) is 32.0 Å². The third-order valence-electron chi connectivity index (χ3n) is 2.22. The SMILES string of the molecule is CCC(C)n1c(=O)cc(CO)[nH]c1=O. The first-order valence-electron chi connectivity index (χ1n) is 4.55. The molecule has 1 unspecified atom stereocenters. The first-order valence-corrected chi connectivity index (χ1v) is 4.55. The fraction of sp³-hybridized carbons (Fsp3) is 0.556. The summed E-state index contributed by atoms with van der Waals surface area (Å²) in [6.07, 6.45) is 0.710. The molecule has 5 nitrogen and oxygen atoms in total. The summed E-state index contributed by atoms with van der Waals surface area (Å²) in [4.78, 5) is 25.3. The van der Waals surface area contributed by atoms with Crippen molar-refractivity contribution in [3.63, 3.8) is 0 Å². The number of rotatable bonds is 3. The van der Waals surface area contributed by atoms with Gasteiger partial charge < -0.3 is 10.1 Å². The Labute approximate surface area is 81.0 Å². The van der Waals surface area contributed by atoms with Gasteiger partial charge in [0.05, 0.1) is 12.3 Å². The molecule has 1 aromatic heterocycles. The molecule has 0 radical (unpaired) electrons. The van der Waals surface area contributed by atoms with Crippen molar-refractivity contribution >= 4 is 0 Å². The standard InChI is InChI=1S/C9H14N2O3/c1-3-6(2)11-8(13)4-7(5-12)10-9(11)14/h4,6,12H,3,5H2,1-2H3,(H,10,14). The van der Waals surface area contributed by atoms with Crippen LogP contribution in [0, 0.1) is 0 Å². The van der Waals surface area contributed by atoms with Gasteiger partial charge in [0.15, 0.2) is 0 Å². The second kappa shape index (κ2) is 4.23. The van der Waals surface area contributed by atoms with Gasteiger partial charge in [-0.1, -0.05) is 6.92 Å². The highest BCUT2D eigenvalue weighted by Crippen LogP contribution is 2.02. The molecule has 0 aliphatic carbocycles. The molecule has 0 amide bonds. The largest absolute Gasteiger partial charge is 0.390 e. The number of aromatic nitrogens is 2. The van der Waals surface area contributed by atoms with E-state index >= 15 is 0 Å². The maximum Gasteiger partial charge on any atom is 0.328 e. The second-order valence-electron chi connectivity index (χ2n) is 3.22. The van der Waals surface area contributed by atoms with E-state index in [1.54, 1.807) is 6.92 Å². The van der Waals surface area contributed by atoms with Crippen molar-refractivity contribution in [3.05, 3.63) is 32.6 Å². The van der Waals surface area contributed by atoms with E-state index in [1.807, 2.05) is 6.92 Å². The fourth-order valence-electron chi connectivity index (χ4n) is 1.24. The summed E-state index contributed by atoms with van der Waals surface area (Å²) in [5, 5.41) is 8.75. The van der Waals surface area contributed by atoms with Gasteiger partial charge in [-0.05, 0) is 13.3 Å². The lowest BCUT2D eigenvalue weighted by Gasteiger charge is -2.11. The van der Waals surface area contributed by atoms with E-state index < -0.39 is 5.69 Å². The summed E-state index contributed by atoms with van der Waals surface area (Å²) < 4.78 is 1.15. The molecule has 5 heteroatoms. The second-order valence-corrected chi connectivity index (χ2v) is 3.22. The molecule has 0 aliphatic heterocycles. The molecule has 14 heavy (non-hydrogen) atoms. The number of hydrogen-bond donors (Lipinski definition) is 2. The van der Waals surface area contributed by atoms with Crippen molar-refractivity contribution < 1.29 is 5.11 Å². The molecule has 1 aromatic rings. The van der Waals surface area contributed by atoms with Gasteiger partial charge in [0.25, 0.3) is 5.56 Å². The van der Waals surface area contributed by atoms with Gasteiger partial charge in [0.1, 0.15) is 0 Å². The van der Waals surface area contributed by atoms with Crippen molar-refractivity contribution in [2.75, 3.05) is 0 Å². The van der Waals surface area contributed by atoms with Crippen LogP contribution in [-0.2, 0) is 6.61 Å². The Morgan fingerprint density at radius 2 is 2.21 bits per heavy atom. The minimum atomic E-state index is -0.462. The van der Waals surface area contributed by atoms with Gasteiger partial charge in [-0.15, -0.1) is 0 Å². The maximum absolute atomic E-state index is 11.5. The van der Waals surface area contributed by atoms with Crippen molar-refractivity contribution in [2.45, 2.75) is 32.9 Å². The molecular formula is C9H14N2O3. The van der Waals surface area contributed by atoms with Crippen LogP contribution in [0.4, 0.5) is 0 Å². The van der Waals surface area contributed by atoms with E-state index in [4.69, 9.17) is 5.11 Å². The molecule has 0 aromatic carbocycles. The number of nitrogens with one attached hydrogen (secondary N) is 1. The van der Waals surface area contributed by atoms with Crippen LogP contribution >= 0.6 is 0 Å². The first-order chi connectivity index (χ1) is 6.60. The first kappa shape index (κ1) is 10.7. The average Bonchev–Trinajstić information content (AvgIpc) is 2.16. The molecule has 1 heterocycles. The van der Waals surface area contributed by atoms with E-state index in [-0.39, 0.29) is 23.9 Å². The smallest absolute Gasteiger partial charge is 0.328 e. The number of nitrogens with zero attached hydrogens (tertiary/aromatic N) is 1. The fourth-order valence-corrected chi connectivity index (χ4v) is 1.24. The van der Waals surface area contributed by atoms with Crippen molar-refractivity contribution in [1.82, 2.24) is 9.55 Å². The minimum Gasteiger partial charge on any atom is -0.390 e.